The van der Waals surface area contributed by atoms with Crippen LogP contribution < -0.4 is 10.1 Å². The average molecular weight is 340 g/mol. The molecule has 1 aromatic rings. The van der Waals surface area contributed by atoms with Gasteiger partial charge in [0, 0.05) is 12.3 Å². The maximum absolute atomic E-state index is 12.8. The van der Waals surface area contributed by atoms with Gasteiger partial charge < -0.3 is 14.8 Å². The maximum atomic E-state index is 12.8. The minimum absolute atomic E-state index is 0.0640. The number of carbonyl (C=O) groups is 1. The van der Waals surface area contributed by atoms with E-state index in [0.717, 1.165) is 32.1 Å². The van der Waals surface area contributed by atoms with Crippen molar-refractivity contribution in [3.05, 3.63) is 23.2 Å². The number of amides is 1. The molecule has 0 spiro atoms. The molecule has 128 valence electrons. The summed E-state index contributed by atoms with van der Waals surface area (Å²) in [5.74, 6) is 0.563. The minimum atomic E-state index is -0.695. The molecule has 5 heteroatoms. The lowest BCUT2D eigenvalue weighted by atomic mass is 9.83. The second-order valence-electron chi connectivity index (χ2n) is 5.94. The maximum Gasteiger partial charge on any atom is 0.256 e. The standard InChI is InChI=1S/C18H26ClNO3/c1-3-12-23-18(10-6-5-7-11-18)17(21)20-14-8-9-16(22-4-2)15(19)13-14/h8-9,13H,3-7,10-12H2,1-2H3,(H,20,21). The quantitative estimate of drug-likeness (QED) is 0.775. The fourth-order valence-electron chi connectivity index (χ4n) is 2.95. The van der Waals surface area contributed by atoms with Crippen LogP contribution in [0, 0.1) is 0 Å². The highest BCUT2D eigenvalue weighted by Gasteiger charge is 2.40. The summed E-state index contributed by atoms with van der Waals surface area (Å²) in [5, 5.41) is 3.46. The molecule has 1 aliphatic carbocycles. The van der Waals surface area contributed by atoms with Crippen LogP contribution in [-0.4, -0.2) is 24.7 Å². The third-order valence-electron chi connectivity index (χ3n) is 4.15. The van der Waals surface area contributed by atoms with Gasteiger partial charge in [-0.2, -0.15) is 0 Å². The van der Waals surface area contributed by atoms with Gasteiger partial charge in [-0.15, -0.1) is 0 Å². The first-order valence-electron chi connectivity index (χ1n) is 8.49. The molecule has 1 aromatic carbocycles. The molecule has 1 saturated carbocycles. The number of hydrogen-bond donors (Lipinski definition) is 1. The van der Waals surface area contributed by atoms with Gasteiger partial charge in [-0.05, 0) is 44.4 Å². The van der Waals surface area contributed by atoms with E-state index in [1.165, 1.54) is 6.42 Å². The van der Waals surface area contributed by atoms with E-state index in [2.05, 4.69) is 12.2 Å². The number of rotatable bonds is 7. The van der Waals surface area contributed by atoms with Gasteiger partial charge in [-0.1, -0.05) is 37.8 Å². The van der Waals surface area contributed by atoms with E-state index >= 15 is 0 Å². The van der Waals surface area contributed by atoms with Crippen molar-refractivity contribution in [2.75, 3.05) is 18.5 Å². The van der Waals surface area contributed by atoms with E-state index < -0.39 is 5.60 Å². The van der Waals surface area contributed by atoms with Gasteiger partial charge in [0.05, 0.1) is 11.6 Å². The SMILES string of the molecule is CCCOC1(C(=O)Nc2ccc(OCC)c(Cl)c2)CCCCC1. The lowest BCUT2D eigenvalue weighted by molar-refractivity contribution is -0.146. The van der Waals surface area contributed by atoms with E-state index in [4.69, 9.17) is 21.1 Å². The molecule has 0 heterocycles. The third kappa shape index (κ3) is 4.61. The van der Waals surface area contributed by atoms with Gasteiger partial charge in [0.15, 0.2) is 0 Å². The topological polar surface area (TPSA) is 47.6 Å². The van der Waals surface area contributed by atoms with E-state index in [1.54, 1.807) is 12.1 Å². The molecule has 0 unspecified atom stereocenters. The Balaban J connectivity index is 2.10. The molecule has 4 nitrogen and oxygen atoms in total. The molecule has 2 rings (SSSR count). The minimum Gasteiger partial charge on any atom is -0.492 e. The number of benzene rings is 1. The predicted octanol–water partition coefficient (Wildman–Crippen LogP) is 4.81. The van der Waals surface area contributed by atoms with E-state index in [-0.39, 0.29) is 5.91 Å². The van der Waals surface area contributed by atoms with E-state index in [1.807, 2.05) is 13.0 Å². The van der Waals surface area contributed by atoms with Crippen molar-refractivity contribution in [2.45, 2.75) is 58.0 Å². The molecular formula is C18H26ClNO3. The van der Waals surface area contributed by atoms with Crippen LogP contribution in [0.25, 0.3) is 0 Å². The lowest BCUT2D eigenvalue weighted by Crippen LogP contribution is -2.47. The van der Waals surface area contributed by atoms with E-state index in [9.17, 15) is 4.79 Å². The van der Waals surface area contributed by atoms with Crippen LogP contribution >= 0.6 is 11.6 Å². The van der Waals surface area contributed by atoms with Crippen LogP contribution in [-0.2, 0) is 9.53 Å². The summed E-state index contributed by atoms with van der Waals surface area (Å²) in [6.45, 7) is 5.13. The largest absolute Gasteiger partial charge is 0.492 e. The number of nitrogens with one attached hydrogen (secondary N) is 1. The lowest BCUT2D eigenvalue weighted by Gasteiger charge is -2.35. The fraction of sp³-hybridized carbons (Fsp3) is 0.611. The Labute approximate surface area is 143 Å². The Morgan fingerprint density at radius 3 is 2.61 bits per heavy atom. The third-order valence-corrected chi connectivity index (χ3v) is 4.44. The summed E-state index contributed by atoms with van der Waals surface area (Å²) < 4.78 is 11.4. The number of anilines is 1. The van der Waals surface area contributed by atoms with Crippen molar-refractivity contribution in [2.24, 2.45) is 0 Å². The normalized spacial score (nSPS) is 16.8. The molecule has 0 bridgehead atoms. The highest BCUT2D eigenvalue weighted by molar-refractivity contribution is 6.32. The van der Waals surface area contributed by atoms with Crippen LogP contribution in [0.2, 0.25) is 5.02 Å². The van der Waals surface area contributed by atoms with Gasteiger partial charge in [-0.3, -0.25) is 4.79 Å². The highest BCUT2D eigenvalue weighted by atomic mass is 35.5. The van der Waals surface area contributed by atoms with Crippen molar-refractivity contribution in [1.29, 1.82) is 0 Å². The fourth-order valence-corrected chi connectivity index (χ4v) is 3.19. The zero-order chi connectivity index (χ0) is 16.7. The summed E-state index contributed by atoms with van der Waals surface area (Å²) in [7, 11) is 0. The number of hydrogen-bond acceptors (Lipinski definition) is 3. The Morgan fingerprint density at radius 1 is 1.26 bits per heavy atom. The van der Waals surface area contributed by atoms with Gasteiger partial charge in [-0.25, -0.2) is 0 Å². The molecule has 0 saturated heterocycles. The molecule has 23 heavy (non-hydrogen) atoms. The molecule has 0 atom stereocenters. The second kappa shape index (κ2) is 8.55. The van der Waals surface area contributed by atoms with Crippen LogP contribution in [0.5, 0.6) is 5.75 Å². The Kier molecular flexibility index (Phi) is 6.72. The smallest absolute Gasteiger partial charge is 0.256 e. The summed E-state index contributed by atoms with van der Waals surface area (Å²) in [6.07, 6.45) is 5.69. The Morgan fingerprint density at radius 2 is 2.00 bits per heavy atom. The van der Waals surface area contributed by atoms with Crippen molar-refractivity contribution in [3.63, 3.8) is 0 Å². The average Bonchev–Trinajstić information content (AvgIpc) is 2.56. The number of halogens is 1. The van der Waals surface area contributed by atoms with Crippen molar-refractivity contribution >= 4 is 23.2 Å². The van der Waals surface area contributed by atoms with Crippen molar-refractivity contribution in [3.8, 4) is 5.75 Å². The highest BCUT2D eigenvalue weighted by Crippen LogP contribution is 2.34. The zero-order valence-electron chi connectivity index (χ0n) is 14.0. The van der Waals surface area contributed by atoms with Gasteiger partial charge in [0.2, 0.25) is 0 Å². The Hall–Kier alpha value is -1.26. The van der Waals surface area contributed by atoms with Gasteiger partial charge in [0.1, 0.15) is 11.4 Å². The molecule has 0 aromatic heterocycles. The first-order chi connectivity index (χ1) is 11.1. The molecule has 0 radical (unpaired) electrons. The molecule has 1 amide bonds. The Bertz CT molecular complexity index is 527. The van der Waals surface area contributed by atoms with Crippen molar-refractivity contribution < 1.29 is 14.3 Å². The zero-order valence-corrected chi connectivity index (χ0v) is 14.7. The monoisotopic (exact) mass is 339 g/mol. The van der Waals surface area contributed by atoms with Crippen LogP contribution in [0.15, 0.2) is 18.2 Å². The van der Waals surface area contributed by atoms with E-state index in [0.29, 0.717) is 29.7 Å². The summed E-state index contributed by atoms with van der Waals surface area (Å²) >= 11 is 6.19. The summed E-state index contributed by atoms with van der Waals surface area (Å²) in [4.78, 5) is 12.8. The van der Waals surface area contributed by atoms with Gasteiger partial charge in [0.25, 0.3) is 5.91 Å². The number of carbonyl (C=O) groups excluding carboxylic acids is 1. The van der Waals surface area contributed by atoms with Gasteiger partial charge >= 0.3 is 0 Å². The predicted molar refractivity (Wildman–Crippen MR) is 93.3 cm³/mol. The van der Waals surface area contributed by atoms with Crippen molar-refractivity contribution in [1.82, 2.24) is 0 Å². The molecule has 1 fully saturated rings. The van der Waals surface area contributed by atoms with Crippen LogP contribution in [0.3, 0.4) is 0 Å². The van der Waals surface area contributed by atoms with Crippen LogP contribution in [0.4, 0.5) is 5.69 Å². The molecule has 0 aliphatic heterocycles. The second-order valence-corrected chi connectivity index (χ2v) is 6.34. The summed E-state index contributed by atoms with van der Waals surface area (Å²) in [6, 6.07) is 5.31. The molecule has 1 N–H and O–H groups in total. The first kappa shape index (κ1) is 18.1. The first-order valence-corrected chi connectivity index (χ1v) is 8.87. The molecular weight excluding hydrogens is 314 g/mol. The summed E-state index contributed by atoms with van der Waals surface area (Å²) in [5.41, 5.74) is -0.0206. The number of ether oxygens (including phenoxy) is 2. The van der Waals surface area contributed by atoms with Crippen LogP contribution in [0.1, 0.15) is 52.4 Å². The molecule has 1 aliphatic rings.